The zero-order chi connectivity index (χ0) is 27.6. The number of halogens is 4. The Morgan fingerprint density at radius 1 is 1.24 bits per heavy atom. The standard InChI is InChI=1S/C23H19F4N9O2/c1-11(33-17-9-32-35-21(37)18(17)23(25,26)27)3-2-4-36-10-31-16-6-13(15(24)5-14(16)22(36)38)20-30-8-12(7-28)19(29)34-20/h5-6,8-11H,2-4H2,1H3,(H2,29,30,34)(H2,33,35,37). The summed E-state index contributed by atoms with van der Waals surface area (Å²) in [5.74, 6) is -0.977. The number of rotatable bonds is 7. The third-order valence-electron chi connectivity index (χ3n) is 5.67. The number of hydrogen-bond acceptors (Lipinski definition) is 9. The van der Waals surface area contributed by atoms with Crippen LogP contribution < -0.4 is 22.2 Å². The highest BCUT2D eigenvalue weighted by atomic mass is 19.4. The monoisotopic (exact) mass is 529 g/mol. The number of nitriles is 1. The molecule has 0 spiro atoms. The lowest BCUT2D eigenvalue weighted by Crippen LogP contribution is -2.27. The van der Waals surface area contributed by atoms with E-state index in [9.17, 15) is 27.2 Å². The summed E-state index contributed by atoms with van der Waals surface area (Å²) in [5.41, 5.74) is 2.17. The molecular formula is C23H19F4N9O2. The Hall–Kier alpha value is -4.87. The summed E-state index contributed by atoms with van der Waals surface area (Å²) in [6, 6.07) is 3.63. The van der Waals surface area contributed by atoms with Gasteiger partial charge in [0, 0.05) is 12.6 Å². The van der Waals surface area contributed by atoms with E-state index in [2.05, 4.69) is 25.4 Å². The minimum atomic E-state index is -4.86. The molecule has 1 atom stereocenters. The van der Waals surface area contributed by atoms with Crippen LogP contribution in [-0.4, -0.2) is 35.8 Å². The van der Waals surface area contributed by atoms with Crippen molar-refractivity contribution in [3.8, 4) is 17.5 Å². The number of nitrogens with zero attached hydrogens (tertiary/aromatic N) is 6. The molecule has 4 rings (SSSR count). The van der Waals surface area contributed by atoms with Crippen LogP contribution in [0.4, 0.5) is 29.1 Å². The molecule has 4 N–H and O–H groups in total. The van der Waals surface area contributed by atoms with E-state index >= 15 is 0 Å². The van der Waals surface area contributed by atoms with Gasteiger partial charge in [0.25, 0.3) is 11.1 Å². The summed E-state index contributed by atoms with van der Waals surface area (Å²) in [7, 11) is 0. The van der Waals surface area contributed by atoms with E-state index in [4.69, 9.17) is 11.0 Å². The van der Waals surface area contributed by atoms with E-state index in [1.165, 1.54) is 23.2 Å². The highest BCUT2D eigenvalue weighted by molar-refractivity contribution is 5.82. The summed E-state index contributed by atoms with van der Waals surface area (Å²) in [5, 5.41) is 16.8. The molecule has 196 valence electrons. The first-order chi connectivity index (χ1) is 18.0. The van der Waals surface area contributed by atoms with Crippen LogP contribution in [0.15, 0.2) is 40.4 Å². The van der Waals surface area contributed by atoms with Gasteiger partial charge in [-0.25, -0.2) is 24.4 Å². The number of hydrogen-bond donors (Lipinski definition) is 3. The number of fused-ring (bicyclic) bond motifs is 1. The highest BCUT2D eigenvalue weighted by Crippen LogP contribution is 2.32. The van der Waals surface area contributed by atoms with Crippen LogP contribution in [0.1, 0.15) is 30.9 Å². The number of alkyl halides is 3. The average molecular weight is 529 g/mol. The lowest BCUT2D eigenvalue weighted by molar-refractivity contribution is -0.138. The molecule has 0 saturated heterocycles. The Morgan fingerprint density at radius 3 is 2.68 bits per heavy atom. The minimum Gasteiger partial charge on any atom is -0.382 e. The van der Waals surface area contributed by atoms with Gasteiger partial charge in [-0.05, 0) is 31.9 Å². The van der Waals surface area contributed by atoms with Crippen LogP contribution in [0.2, 0.25) is 0 Å². The fourth-order valence-corrected chi connectivity index (χ4v) is 3.82. The second-order valence-electron chi connectivity index (χ2n) is 8.37. The van der Waals surface area contributed by atoms with Crippen molar-refractivity contribution in [1.82, 2.24) is 29.7 Å². The predicted molar refractivity (Wildman–Crippen MR) is 128 cm³/mol. The number of aryl methyl sites for hydroxylation is 1. The van der Waals surface area contributed by atoms with Crippen molar-refractivity contribution in [2.75, 3.05) is 11.1 Å². The number of H-pyrrole nitrogens is 1. The number of nitrogens with two attached hydrogens (primary N) is 1. The molecule has 0 aliphatic rings. The molecule has 0 bridgehead atoms. The fourth-order valence-electron chi connectivity index (χ4n) is 3.82. The molecule has 1 aromatic carbocycles. The van der Waals surface area contributed by atoms with E-state index in [1.807, 2.05) is 6.07 Å². The van der Waals surface area contributed by atoms with Gasteiger partial charge in [-0.1, -0.05) is 0 Å². The average Bonchev–Trinajstić information content (AvgIpc) is 2.84. The normalized spacial score (nSPS) is 12.3. The number of nitrogen functional groups attached to an aromatic ring is 1. The van der Waals surface area contributed by atoms with Crippen LogP contribution in [-0.2, 0) is 12.7 Å². The van der Waals surface area contributed by atoms with Gasteiger partial charge in [-0.2, -0.15) is 23.5 Å². The number of anilines is 2. The van der Waals surface area contributed by atoms with Crippen LogP contribution in [0, 0.1) is 17.1 Å². The maximum atomic E-state index is 14.9. The Bertz CT molecular complexity index is 1680. The smallest absolute Gasteiger partial charge is 0.382 e. The number of benzene rings is 1. The summed E-state index contributed by atoms with van der Waals surface area (Å²) >= 11 is 0. The van der Waals surface area contributed by atoms with Gasteiger partial charge in [0.05, 0.1) is 40.9 Å². The van der Waals surface area contributed by atoms with Gasteiger partial charge in [-0.3, -0.25) is 14.2 Å². The van der Waals surface area contributed by atoms with Crippen molar-refractivity contribution in [2.24, 2.45) is 0 Å². The second-order valence-corrected chi connectivity index (χ2v) is 8.37. The quantitative estimate of drug-likeness (QED) is 0.305. The van der Waals surface area contributed by atoms with Crippen LogP contribution >= 0.6 is 0 Å². The third kappa shape index (κ3) is 5.28. The van der Waals surface area contributed by atoms with E-state index < -0.39 is 40.4 Å². The molecule has 0 radical (unpaired) electrons. The van der Waals surface area contributed by atoms with Crippen molar-refractivity contribution in [3.63, 3.8) is 0 Å². The van der Waals surface area contributed by atoms with Crippen molar-refractivity contribution in [1.29, 1.82) is 5.26 Å². The Morgan fingerprint density at radius 2 is 2.00 bits per heavy atom. The van der Waals surface area contributed by atoms with Crippen LogP contribution in [0.5, 0.6) is 0 Å². The maximum absolute atomic E-state index is 14.9. The van der Waals surface area contributed by atoms with E-state index in [0.717, 1.165) is 12.3 Å². The molecule has 0 saturated carbocycles. The van der Waals surface area contributed by atoms with E-state index in [1.54, 1.807) is 12.0 Å². The van der Waals surface area contributed by atoms with E-state index in [0.29, 0.717) is 12.8 Å². The first-order valence-electron chi connectivity index (χ1n) is 11.1. The molecule has 4 aromatic rings. The summed E-state index contributed by atoms with van der Waals surface area (Å²) < 4.78 is 55.8. The molecule has 11 nitrogen and oxygen atoms in total. The van der Waals surface area contributed by atoms with Gasteiger partial charge in [0.2, 0.25) is 0 Å². The number of aromatic nitrogens is 6. The minimum absolute atomic E-state index is 0.00550. The fraction of sp³-hybridized carbons (Fsp3) is 0.261. The maximum Gasteiger partial charge on any atom is 0.423 e. The predicted octanol–water partition coefficient (Wildman–Crippen LogP) is 2.83. The number of nitrogens with one attached hydrogen (secondary N) is 2. The van der Waals surface area contributed by atoms with Crippen LogP contribution in [0.25, 0.3) is 22.3 Å². The Balaban J connectivity index is 1.49. The Labute approximate surface area is 211 Å². The summed E-state index contributed by atoms with van der Waals surface area (Å²) in [6.07, 6.45) is -0.841. The zero-order valence-electron chi connectivity index (χ0n) is 19.7. The van der Waals surface area contributed by atoms with Crippen LogP contribution in [0.3, 0.4) is 0 Å². The molecule has 3 aromatic heterocycles. The molecule has 0 aliphatic carbocycles. The van der Waals surface area contributed by atoms with Gasteiger partial charge in [0.1, 0.15) is 28.8 Å². The molecule has 0 amide bonds. The van der Waals surface area contributed by atoms with Gasteiger partial charge in [0.15, 0.2) is 5.82 Å². The molecule has 1 unspecified atom stereocenters. The molecule has 38 heavy (non-hydrogen) atoms. The molecule has 0 aliphatic heterocycles. The molecule has 3 heterocycles. The first-order valence-corrected chi connectivity index (χ1v) is 11.1. The van der Waals surface area contributed by atoms with Gasteiger partial charge in [-0.15, -0.1) is 0 Å². The zero-order valence-corrected chi connectivity index (χ0v) is 19.7. The summed E-state index contributed by atoms with van der Waals surface area (Å²) in [6.45, 7) is 1.78. The molecule has 15 heteroatoms. The van der Waals surface area contributed by atoms with E-state index in [-0.39, 0.29) is 40.2 Å². The molecule has 0 fully saturated rings. The van der Waals surface area contributed by atoms with Crippen molar-refractivity contribution < 1.29 is 17.6 Å². The highest BCUT2D eigenvalue weighted by Gasteiger charge is 2.37. The third-order valence-corrected chi connectivity index (χ3v) is 5.67. The second kappa shape index (κ2) is 10.2. The van der Waals surface area contributed by atoms with Gasteiger partial charge >= 0.3 is 6.18 Å². The molecular weight excluding hydrogens is 510 g/mol. The largest absolute Gasteiger partial charge is 0.423 e. The van der Waals surface area contributed by atoms with Crippen molar-refractivity contribution in [2.45, 2.75) is 38.5 Å². The lowest BCUT2D eigenvalue weighted by atomic mass is 10.1. The topological polar surface area (TPSA) is 168 Å². The van der Waals surface area contributed by atoms with Crippen molar-refractivity contribution in [3.05, 3.63) is 68.5 Å². The first kappa shape index (κ1) is 26.2. The Kier molecular flexibility index (Phi) is 7.06. The van der Waals surface area contributed by atoms with Crippen molar-refractivity contribution >= 4 is 22.4 Å². The summed E-state index contributed by atoms with van der Waals surface area (Å²) in [4.78, 5) is 36.6. The SMILES string of the molecule is CC(CCCn1cnc2cc(-c3ncc(C#N)c(N)n3)c(F)cc2c1=O)Nc1cn[nH]c(=O)c1C(F)(F)F. The van der Waals surface area contributed by atoms with Gasteiger partial charge < -0.3 is 11.1 Å². The number of aromatic amines is 1. The lowest BCUT2D eigenvalue weighted by Gasteiger charge is -2.18.